The van der Waals surface area contributed by atoms with E-state index in [0.717, 1.165) is 10.6 Å². The fourth-order valence-electron chi connectivity index (χ4n) is 2.47. The molecule has 1 fully saturated rings. The first kappa shape index (κ1) is 15.8. The van der Waals surface area contributed by atoms with Crippen LogP contribution in [0, 0.1) is 5.92 Å². The van der Waals surface area contributed by atoms with E-state index in [1.54, 1.807) is 19.6 Å². The highest BCUT2D eigenvalue weighted by atomic mass is 32.1. The Morgan fingerprint density at radius 2 is 2.04 bits per heavy atom. The van der Waals surface area contributed by atoms with Crippen molar-refractivity contribution in [3.8, 4) is 22.1 Å². The molecule has 0 aliphatic heterocycles. The van der Waals surface area contributed by atoms with Crippen molar-refractivity contribution in [2.75, 3.05) is 14.2 Å². The molecule has 2 aromatic rings. The summed E-state index contributed by atoms with van der Waals surface area (Å²) in [4.78, 5) is 16.7. The first-order valence-electron chi connectivity index (χ1n) is 7.61. The maximum Gasteiger partial charge on any atom is 0.270 e. The van der Waals surface area contributed by atoms with Gasteiger partial charge in [-0.1, -0.05) is 0 Å². The molecule has 0 unspecified atom stereocenters. The van der Waals surface area contributed by atoms with Crippen LogP contribution >= 0.6 is 11.3 Å². The van der Waals surface area contributed by atoms with E-state index in [-0.39, 0.29) is 11.9 Å². The SMILES string of the molecule is COc1ccc(-c2nc(C(=O)N[C@@H](C)C3CC3)cs2)cc1OC. The summed E-state index contributed by atoms with van der Waals surface area (Å²) in [5.41, 5.74) is 1.37. The predicted molar refractivity (Wildman–Crippen MR) is 90.3 cm³/mol. The van der Waals surface area contributed by atoms with Crippen molar-refractivity contribution >= 4 is 17.2 Å². The van der Waals surface area contributed by atoms with Gasteiger partial charge in [-0.3, -0.25) is 4.79 Å². The van der Waals surface area contributed by atoms with E-state index >= 15 is 0 Å². The number of hydrogen-bond donors (Lipinski definition) is 1. The largest absolute Gasteiger partial charge is 0.493 e. The summed E-state index contributed by atoms with van der Waals surface area (Å²) in [6.07, 6.45) is 2.41. The van der Waals surface area contributed by atoms with E-state index in [0.29, 0.717) is 23.1 Å². The van der Waals surface area contributed by atoms with Crippen LogP contribution in [0.2, 0.25) is 0 Å². The van der Waals surface area contributed by atoms with Crippen LogP contribution in [0.25, 0.3) is 10.6 Å². The van der Waals surface area contributed by atoms with Gasteiger partial charge in [0, 0.05) is 17.0 Å². The van der Waals surface area contributed by atoms with Crippen LogP contribution < -0.4 is 14.8 Å². The predicted octanol–water partition coefficient (Wildman–Crippen LogP) is 3.36. The van der Waals surface area contributed by atoms with Crippen LogP contribution in [0.1, 0.15) is 30.3 Å². The molecule has 1 atom stereocenters. The van der Waals surface area contributed by atoms with Crippen LogP contribution in [0.15, 0.2) is 23.6 Å². The summed E-state index contributed by atoms with van der Waals surface area (Å²) in [6, 6.07) is 5.83. The Labute approximate surface area is 139 Å². The molecule has 1 heterocycles. The molecule has 1 amide bonds. The Morgan fingerprint density at radius 3 is 2.70 bits per heavy atom. The van der Waals surface area contributed by atoms with E-state index in [1.807, 2.05) is 18.2 Å². The zero-order valence-electron chi connectivity index (χ0n) is 13.5. The molecule has 1 aromatic heterocycles. The molecular weight excluding hydrogens is 312 g/mol. The van der Waals surface area contributed by atoms with E-state index < -0.39 is 0 Å². The maximum atomic E-state index is 12.2. The van der Waals surface area contributed by atoms with E-state index in [9.17, 15) is 4.79 Å². The molecular formula is C17H20N2O3S. The minimum atomic E-state index is -0.104. The molecule has 1 aliphatic carbocycles. The lowest BCUT2D eigenvalue weighted by molar-refractivity contribution is 0.0931. The average molecular weight is 332 g/mol. The average Bonchev–Trinajstić information content (AvgIpc) is 3.31. The molecule has 6 heteroatoms. The molecule has 5 nitrogen and oxygen atoms in total. The number of nitrogens with zero attached hydrogens (tertiary/aromatic N) is 1. The quantitative estimate of drug-likeness (QED) is 0.881. The van der Waals surface area contributed by atoms with Crippen molar-refractivity contribution < 1.29 is 14.3 Å². The van der Waals surface area contributed by atoms with Gasteiger partial charge in [0.1, 0.15) is 10.7 Å². The van der Waals surface area contributed by atoms with Crippen molar-refractivity contribution in [2.24, 2.45) is 5.92 Å². The second-order valence-corrected chi connectivity index (χ2v) is 6.57. The van der Waals surface area contributed by atoms with Crippen LogP contribution in [0.3, 0.4) is 0 Å². The van der Waals surface area contributed by atoms with Gasteiger partial charge in [-0.2, -0.15) is 0 Å². The second-order valence-electron chi connectivity index (χ2n) is 5.71. The molecule has 122 valence electrons. The highest BCUT2D eigenvalue weighted by molar-refractivity contribution is 7.13. The summed E-state index contributed by atoms with van der Waals surface area (Å²) in [5, 5.41) is 5.60. The first-order valence-corrected chi connectivity index (χ1v) is 8.49. The fraction of sp³-hybridized carbons (Fsp3) is 0.412. The number of amides is 1. The van der Waals surface area contributed by atoms with E-state index in [1.165, 1.54) is 24.2 Å². The third kappa shape index (κ3) is 3.47. The number of carbonyl (C=O) groups excluding carboxylic acids is 1. The summed E-state index contributed by atoms with van der Waals surface area (Å²) in [6.45, 7) is 2.05. The molecule has 1 N–H and O–H groups in total. The van der Waals surface area contributed by atoms with Gasteiger partial charge < -0.3 is 14.8 Å². The van der Waals surface area contributed by atoms with Gasteiger partial charge in [0.2, 0.25) is 0 Å². The number of carbonyl (C=O) groups is 1. The molecule has 1 aromatic carbocycles. The third-order valence-electron chi connectivity index (χ3n) is 4.06. The normalized spacial score (nSPS) is 15.1. The molecule has 0 radical (unpaired) electrons. The van der Waals surface area contributed by atoms with Gasteiger partial charge in [-0.15, -0.1) is 11.3 Å². The second kappa shape index (κ2) is 6.58. The van der Waals surface area contributed by atoms with Crippen molar-refractivity contribution in [1.29, 1.82) is 0 Å². The van der Waals surface area contributed by atoms with Gasteiger partial charge in [-0.05, 0) is 43.9 Å². The van der Waals surface area contributed by atoms with Crippen molar-refractivity contribution in [1.82, 2.24) is 10.3 Å². The summed E-state index contributed by atoms with van der Waals surface area (Å²) >= 11 is 1.45. The Balaban J connectivity index is 1.77. The monoisotopic (exact) mass is 332 g/mol. The molecule has 3 rings (SSSR count). The number of benzene rings is 1. The van der Waals surface area contributed by atoms with Crippen molar-refractivity contribution in [3.63, 3.8) is 0 Å². The number of nitrogens with one attached hydrogen (secondary N) is 1. The van der Waals surface area contributed by atoms with Crippen LogP contribution in [0.5, 0.6) is 11.5 Å². The Hall–Kier alpha value is -2.08. The highest BCUT2D eigenvalue weighted by Crippen LogP contribution is 2.34. The van der Waals surface area contributed by atoms with Gasteiger partial charge in [0.15, 0.2) is 11.5 Å². The minimum Gasteiger partial charge on any atom is -0.493 e. The molecule has 0 saturated heterocycles. The Bertz CT molecular complexity index is 710. The zero-order chi connectivity index (χ0) is 16.4. The molecule has 0 spiro atoms. The molecule has 0 bridgehead atoms. The number of thiazole rings is 1. The van der Waals surface area contributed by atoms with E-state index in [4.69, 9.17) is 9.47 Å². The van der Waals surface area contributed by atoms with Crippen LogP contribution in [0.4, 0.5) is 0 Å². The fourth-order valence-corrected chi connectivity index (χ4v) is 3.27. The Kier molecular flexibility index (Phi) is 4.52. The smallest absolute Gasteiger partial charge is 0.270 e. The topological polar surface area (TPSA) is 60.5 Å². The number of methoxy groups -OCH3 is 2. The number of rotatable bonds is 6. The number of aromatic nitrogens is 1. The summed E-state index contributed by atoms with van der Waals surface area (Å²) in [5.74, 6) is 1.84. The minimum absolute atomic E-state index is 0.104. The van der Waals surface area contributed by atoms with Gasteiger partial charge in [0.05, 0.1) is 14.2 Å². The van der Waals surface area contributed by atoms with Gasteiger partial charge in [-0.25, -0.2) is 4.98 Å². The standard InChI is InChI=1S/C17H20N2O3S/c1-10(11-4-5-11)18-16(20)13-9-23-17(19-13)12-6-7-14(21-2)15(8-12)22-3/h6-11H,4-5H2,1-3H3,(H,18,20)/t10-/m0/s1. The lowest BCUT2D eigenvalue weighted by Gasteiger charge is -2.11. The molecule has 1 saturated carbocycles. The maximum absolute atomic E-state index is 12.2. The molecule has 23 heavy (non-hydrogen) atoms. The summed E-state index contributed by atoms with van der Waals surface area (Å²) < 4.78 is 10.5. The van der Waals surface area contributed by atoms with Crippen molar-refractivity contribution in [3.05, 3.63) is 29.3 Å². The number of ether oxygens (including phenoxy) is 2. The van der Waals surface area contributed by atoms with Gasteiger partial charge >= 0.3 is 0 Å². The lowest BCUT2D eigenvalue weighted by Crippen LogP contribution is -2.34. The van der Waals surface area contributed by atoms with Crippen LogP contribution in [-0.4, -0.2) is 31.2 Å². The summed E-state index contributed by atoms with van der Waals surface area (Å²) in [7, 11) is 3.20. The lowest BCUT2D eigenvalue weighted by atomic mass is 10.2. The Morgan fingerprint density at radius 1 is 1.30 bits per heavy atom. The van der Waals surface area contributed by atoms with Gasteiger partial charge in [0.25, 0.3) is 5.91 Å². The third-order valence-corrected chi connectivity index (χ3v) is 4.95. The van der Waals surface area contributed by atoms with E-state index in [2.05, 4.69) is 17.2 Å². The molecule has 1 aliphatic rings. The number of hydrogen-bond acceptors (Lipinski definition) is 5. The zero-order valence-corrected chi connectivity index (χ0v) is 14.3. The first-order chi connectivity index (χ1) is 11.1. The van der Waals surface area contributed by atoms with Crippen LogP contribution in [-0.2, 0) is 0 Å². The highest BCUT2D eigenvalue weighted by Gasteiger charge is 2.29. The van der Waals surface area contributed by atoms with Crippen molar-refractivity contribution in [2.45, 2.75) is 25.8 Å².